The molecule has 0 heterocycles. The van der Waals surface area contributed by atoms with E-state index in [4.69, 9.17) is 4.74 Å². The van der Waals surface area contributed by atoms with Crippen LogP contribution in [0, 0.1) is 0 Å². The van der Waals surface area contributed by atoms with Gasteiger partial charge in [0.1, 0.15) is 5.75 Å². The van der Waals surface area contributed by atoms with Crippen molar-refractivity contribution in [2.75, 3.05) is 19.0 Å². The molecule has 0 atom stereocenters. The molecular formula is C19H20N2O4. The number of benzene rings is 2. The van der Waals surface area contributed by atoms with Crippen LogP contribution in [-0.2, 0) is 9.59 Å². The summed E-state index contributed by atoms with van der Waals surface area (Å²) in [4.78, 5) is 35.6. The van der Waals surface area contributed by atoms with E-state index in [1.54, 1.807) is 48.5 Å². The number of amides is 2. The van der Waals surface area contributed by atoms with E-state index in [-0.39, 0.29) is 37.0 Å². The van der Waals surface area contributed by atoms with Crippen LogP contribution in [0.25, 0.3) is 0 Å². The van der Waals surface area contributed by atoms with Gasteiger partial charge in [-0.1, -0.05) is 30.3 Å². The molecule has 25 heavy (non-hydrogen) atoms. The number of Topliss-reactive ketones (excluding diaryl/α,β-unsaturated/α-hetero) is 1. The highest BCUT2D eigenvalue weighted by Gasteiger charge is 2.11. The number of ether oxygens (including phenoxy) is 1. The summed E-state index contributed by atoms with van der Waals surface area (Å²) in [6, 6.07) is 15.7. The molecule has 2 N–H and O–H groups in total. The molecule has 0 saturated carbocycles. The van der Waals surface area contributed by atoms with Crippen molar-refractivity contribution in [2.45, 2.75) is 12.8 Å². The Labute approximate surface area is 146 Å². The maximum Gasteiger partial charge on any atom is 0.243 e. The van der Waals surface area contributed by atoms with Gasteiger partial charge >= 0.3 is 0 Å². The van der Waals surface area contributed by atoms with Crippen molar-refractivity contribution >= 4 is 23.3 Å². The zero-order valence-corrected chi connectivity index (χ0v) is 14.0. The van der Waals surface area contributed by atoms with Crippen LogP contribution in [-0.4, -0.2) is 31.3 Å². The molecule has 0 unspecified atom stereocenters. The normalized spacial score (nSPS) is 9.96. The Morgan fingerprint density at radius 2 is 1.68 bits per heavy atom. The Bertz CT molecular complexity index is 744. The van der Waals surface area contributed by atoms with Gasteiger partial charge in [-0.25, -0.2) is 0 Å². The molecule has 0 aliphatic heterocycles. The molecule has 0 fully saturated rings. The second-order valence-electron chi connectivity index (χ2n) is 5.35. The monoisotopic (exact) mass is 340 g/mol. The summed E-state index contributed by atoms with van der Waals surface area (Å²) in [6.45, 7) is -0.138. The maximum atomic E-state index is 12.1. The molecule has 0 aliphatic carbocycles. The first-order valence-corrected chi connectivity index (χ1v) is 7.87. The second kappa shape index (κ2) is 9.22. The molecule has 2 aromatic rings. The van der Waals surface area contributed by atoms with E-state index in [0.717, 1.165) is 0 Å². The minimum Gasteiger partial charge on any atom is -0.497 e. The fourth-order valence-electron chi connectivity index (χ4n) is 2.16. The topological polar surface area (TPSA) is 84.5 Å². The van der Waals surface area contributed by atoms with E-state index in [2.05, 4.69) is 10.6 Å². The zero-order chi connectivity index (χ0) is 18.1. The molecule has 0 aromatic heterocycles. The van der Waals surface area contributed by atoms with Gasteiger partial charge in [-0.2, -0.15) is 0 Å². The van der Waals surface area contributed by atoms with Gasteiger partial charge in [0.25, 0.3) is 0 Å². The van der Waals surface area contributed by atoms with Crippen LogP contribution < -0.4 is 15.4 Å². The predicted molar refractivity (Wildman–Crippen MR) is 94.6 cm³/mol. The molecule has 0 bridgehead atoms. The lowest BCUT2D eigenvalue weighted by Crippen LogP contribution is -2.33. The lowest BCUT2D eigenvalue weighted by Gasteiger charge is -2.07. The average Bonchev–Trinajstić information content (AvgIpc) is 2.65. The molecule has 0 saturated heterocycles. The highest BCUT2D eigenvalue weighted by atomic mass is 16.5. The molecular weight excluding hydrogens is 320 g/mol. The van der Waals surface area contributed by atoms with Crippen LogP contribution in [0.1, 0.15) is 23.2 Å². The number of methoxy groups -OCH3 is 1. The summed E-state index contributed by atoms with van der Waals surface area (Å²) in [5.74, 6) is -0.228. The van der Waals surface area contributed by atoms with Crippen molar-refractivity contribution in [3.63, 3.8) is 0 Å². The van der Waals surface area contributed by atoms with Crippen LogP contribution in [0.5, 0.6) is 5.75 Å². The van der Waals surface area contributed by atoms with E-state index >= 15 is 0 Å². The fourth-order valence-corrected chi connectivity index (χ4v) is 2.16. The van der Waals surface area contributed by atoms with Crippen LogP contribution in [0.15, 0.2) is 54.6 Å². The van der Waals surface area contributed by atoms with Crippen molar-refractivity contribution in [1.29, 1.82) is 0 Å². The smallest absolute Gasteiger partial charge is 0.243 e. The van der Waals surface area contributed by atoms with Gasteiger partial charge in [0.05, 0.1) is 13.7 Å². The summed E-state index contributed by atoms with van der Waals surface area (Å²) in [6.07, 6.45) is 0.0912. The molecule has 2 amide bonds. The van der Waals surface area contributed by atoms with Gasteiger partial charge in [0.15, 0.2) is 5.78 Å². The second-order valence-corrected chi connectivity index (χ2v) is 5.35. The van der Waals surface area contributed by atoms with Crippen LogP contribution in [0.3, 0.4) is 0 Å². The first-order chi connectivity index (χ1) is 12.1. The Morgan fingerprint density at radius 3 is 2.40 bits per heavy atom. The lowest BCUT2D eigenvalue weighted by molar-refractivity contribution is -0.124. The summed E-state index contributed by atoms with van der Waals surface area (Å²) in [7, 11) is 1.53. The standard InChI is InChI=1S/C19H20N2O4/c1-25-16-9-5-6-14(12-16)17(22)10-11-18(23)20-13-19(24)21-15-7-3-2-4-8-15/h2-9,12H,10-11,13H2,1H3,(H,20,23)(H,21,24). The Balaban J connectivity index is 1.73. The summed E-state index contributed by atoms with van der Waals surface area (Å²) in [5, 5.41) is 5.17. The quantitative estimate of drug-likeness (QED) is 0.723. The number of nitrogens with one attached hydrogen (secondary N) is 2. The third-order valence-electron chi connectivity index (χ3n) is 3.47. The van der Waals surface area contributed by atoms with E-state index in [1.807, 2.05) is 6.07 Å². The zero-order valence-electron chi connectivity index (χ0n) is 14.0. The Kier molecular flexibility index (Phi) is 6.71. The first-order valence-electron chi connectivity index (χ1n) is 7.87. The number of carbonyl (C=O) groups is 3. The third-order valence-corrected chi connectivity index (χ3v) is 3.47. The van der Waals surface area contributed by atoms with Gasteiger partial charge in [-0.05, 0) is 24.3 Å². The molecule has 2 aromatic carbocycles. The number of ketones is 1. The molecule has 0 spiro atoms. The minimum atomic E-state index is -0.348. The largest absolute Gasteiger partial charge is 0.497 e. The van der Waals surface area contributed by atoms with Crippen molar-refractivity contribution < 1.29 is 19.1 Å². The van der Waals surface area contributed by atoms with Crippen LogP contribution >= 0.6 is 0 Å². The Morgan fingerprint density at radius 1 is 0.920 bits per heavy atom. The maximum absolute atomic E-state index is 12.1. The van der Waals surface area contributed by atoms with E-state index in [1.165, 1.54) is 7.11 Å². The van der Waals surface area contributed by atoms with E-state index in [0.29, 0.717) is 17.0 Å². The molecule has 6 heteroatoms. The number of hydrogen-bond acceptors (Lipinski definition) is 4. The van der Waals surface area contributed by atoms with Crippen LogP contribution in [0.4, 0.5) is 5.69 Å². The molecule has 6 nitrogen and oxygen atoms in total. The van der Waals surface area contributed by atoms with Gasteiger partial charge < -0.3 is 15.4 Å². The average molecular weight is 340 g/mol. The van der Waals surface area contributed by atoms with Crippen molar-refractivity contribution in [1.82, 2.24) is 5.32 Å². The molecule has 0 radical (unpaired) electrons. The highest BCUT2D eigenvalue weighted by Crippen LogP contribution is 2.14. The molecule has 0 aliphatic rings. The predicted octanol–water partition coefficient (Wildman–Crippen LogP) is 2.41. The van der Waals surface area contributed by atoms with Gasteiger partial charge in [-0.15, -0.1) is 0 Å². The van der Waals surface area contributed by atoms with Gasteiger partial charge in [0, 0.05) is 24.1 Å². The fraction of sp³-hybridized carbons (Fsp3) is 0.211. The lowest BCUT2D eigenvalue weighted by atomic mass is 10.1. The summed E-state index contributed by atoms with van der Waals surface area (Å²) >= 11 is 0. The van der Waals surface area contributed by atoms with Gasteiger partial charge in [-0.3, -0.25) is 14.4 Å². The number of rotatable bonds is 8. The highest BCUT2D eigenvalue weighted by molar-refractivity contribution is 5.99. The summed E-state index contributed by atoms with van der Waals surface area (Å²) in [5.41, 5.74) is 1.16. The first kappa shape index (κ1) is 18.2. The Hall–Kier alpha value is -3.15. The third kappa shape index (κ3) is 6.10. The number of carbonyl (C=O) groups excluding carboxylic acids is 3. The van der Waals surface area contributed by atoms with Gasteiger partial charge in [0.2, 0.25) is 11.8 Å². The molecule has 2 rings (SSSR count). The summed E-state index contributed by atoms with van der Waals surface area (Å²) < 4.78 is 5.07. The van der Waals surface area contributed by atoms with E-state index in [9.17, 15) is 14.4 Å². The van der Waals surface area contributed by atoms with Crippen LogP contribution in [0.2, 0.25) is 0 Å². The number of hydrogen-bond donors (Lipinski definition) is 2. The van der Waals surface area contributed by atoms with E-state index < -0.39 is 0 Å². The minimum absolute atomic E-state index is 0.0225. The number of anilines is 1. The van der Waals surface area contributed by atoms with Crippen molar-refractivity contribution in [2.24, 2.45) is 0 Å². The SMILES string of the molecule is COc1cccc(C(=O)CCC(=O)NCC(=O)Nc2ccccc2)c1. The number of para-hydroxylation sites is 1. The molecule has 130 valence electrons. The van der Waals surface area contributed by atoms with Crippen molar-refractivity contribution in [3.05, 3.63) is 60.2 Å². The van der Waals surface area contributed by atoms with Crippen molar-refractivity contribution in [3.8, 4) is 5.75 Å².